The fraction of sp³-hybridized carbons (Fsp3) is 0.700. The summed E-state index contributed by atoms with van der Waals surface area (Å²) in [6.07, 6.45) is 3.52. The molecular weight excluding hydrogens is 557 g/mol. The van der Waals surface area contributed by atoms with Crippen molar-refractivity contribution < 1.29 is 49.7 Å². The van der Waals surface area contributed by atoms with Gasteiger partial charge in [0.25, 0.3) is 0 Å². The Hall–Kier alpha value is -2.46. The van der Waals surface area contributed by atoms with Gasteiger partial charge >= 0.3 is 18.4 Å². The normalized spacial score (nSPS) is 29.8. The largest absolute Gasteiger partial charge is 0.573 e. The van der Waals surface area contributed by atoms with E-state index in [1.165, 1.54) is 25.7 Å². The molecule has 3 aliphatic carbocycles. The molecule has 1 aromatic carbocycles. The molecule has 11 heteroatoms. The van der Waals surface area contributed by atoms with Crippen LogP contribution in [0.4, 0.5) is 30.7 Å². The van der Waals surface area contributed by atoms with E-state index in [1.54, 1.807) is 0 Å². The molecule has 0 spiro atoms. The average molecular weight is 595 g/mol. The maximum atomic E-state index is 14.8. The molecule has 0 heterocycles. The molecular formula is C30H37F7O4. The highest BCUT2D eigenvalue weighted by atomic mass is 19.4. The second-order valence-electron chi connectivity index (χ2n) is 11.9. The predicted octanol–water partition coefficient (Wildman–Crippen LogP) is 9.13. The third-order valence-electron chi connectivity index (χ3n) is 8.70. The van der Waals surface area contributed by atoms with Crippen molar-refractivity contribution in [2.24, 2.45) is 29.6 Å². The molecule has 0 aliphatic heterocycles. The number of ether oxygens (including phenoxy) is 3. The number of halogens is 7. The number of hydrogen-bond donors (Lipinski definition) is 0. The topological polar surface area (TPSA) is 44.8 Å². The van der Waals surface area contributed by atoms with Crippen molar-refractivity contribution in [1.82, 2.24) is 0 Å². The van der Waals surface area contributed by atoms with E-state index in [4.69, 9.17) is 4.74 Å². The molecule has 4 rings (SSSR count). The lowest BCUT2D eigenvalue weighted by molar-refractivity contribution is -0.276. The Labute approximate surface area is 235 Å². The van der Waals surface area contributed by atoms with Gasteiger partial charge in [0.05, 0.1) is 11.8 Å². The summed E-state index contributed by atoms with van der Waals surface area (Å²) in [5.41, 5.74) is 0. The smallest absolute Gasteiger partial charge is 0.462 e. The van der Waals surface area contributed by atoms with Crippen molar-refractivity contribution in [2.75, 3.05) is 0 Å². The molecule has 0 atom stereocenters. The lowest BCUT2D eigenvalue weighted by Gasteiger charge is -2.34. The van der Waals surface area contributed by atoms with Gasteiger partial charge in [0.15, 0.2) is 11.6 Å². The van der Waals surface area contributed by atoms with Gasteiger partial charge < -0.3 is 14.2 Å². The predicted molar refractivity (Wildman–Crippen MR) is 136 cm³/mol. The standard InChI is InChI=1S/C30H37F7O4/c1-18-2-4-19(5-3-18)6-7-20-8-10-21(11-9-20)28(38)39-23-14-12-22(13-15-23)29(33,34)40-24-16-25(31)27(26(32)17-24)41-30(35,36)37/h6-7,16-23H,2-5,8-15H2,1H3/b7-6+. The van der Waals surface area contributed by atoms with Gasteiger partial charge in [0.1, 0.15) is 11.9 Å². The molecule has 4 nitrogen and oxygen atoms in total. The first-order chi connectivity index (χ1) is 19.3. The van der Waals surface area contributed by atoms with Crippen LogP contribution in [0.15, 0.2) is 24.3 Å². The number of alkyl halides is 5. The molecule has 0 bridgehead atoms. The molecule has 0 saturated heterocycles. The van der Waals surface area contributed by atoms with E-state index >= 15 is 0 Å². The van der Waals surface area contributed by atoms with E-state index in [0.29, 0.717) is 11.8 Å². The minimum absolute atomic E-state index is 0.0668. The Bertz CT molecular complexity index is 1030. The molecule has 41 heavy (non-hydrogen) atoms. The molecule has 1 aromatic rings. The highest BCUT2D eigenvalue weighted by Crippen LogP contribution is 2.41. The van der Waals surface area contributed by atoms with Crippen LogP contribution in [-0.4, -0.2) is 24.5 Å². The quantitative estimate of drug-likeness (QED) is 0.171. The lowest BCUT2D eigenvalue weighted by Crippen LogP contribution is -2.39. The lowest BCUT2D eigenvalue weighted by atomic mass is 9.79. The van der Waals surface area contributed by atoms with Crippen molar-refractivity contribution in [3.8, 4) is 11.5 Å². The van der Waals surface area contributed by atoms with Crippen molar-refractivity contribution in [3.63, 3.8) is 0 Å². The van der Waals surface area contributed by atoms with Crippen molar-refractivity contribution in [3.05, 3.63) is 35.9 Å². The van der Waals surface area contributed by atoms with Crippen LogP contribution in [-0.2, 0) is 9.53 Å². The summed E-state index contributed by atoms with van der Waals surface area (Å²) >= 11 is 0. The van der Waals surface area contributed by atoms with Gasteiger partial charge in [0, 0.05) is 12.1 Å². The molecule has 0 radical (unpaired) electrons. The van der Waals surface area contributed by atoms with Crippen LogP contribution in [0.1, 0.15) is 84.0 Å². The fourth-order valence-electron chi connectivity index (χ4n) is 6.17. The van der Waals surface area contributed by atoms with Crippen molar-refractivity contribution in [2.45, 2.75) is 103 Å². The molecule has 0 unspecified atom stereocenters. The number of hydrogen-bond acceptors (Lipinski definition) is 4. The van der Waals surface area contributed by atoms with Gasteiger partial charge in [-0.2, -0.15) is 8.78 Å². The minimum Gasteiger partial charge on any atom is -0.462 e. The first-order valence-corrected chi connectivity index (χ1v) is 14.5. The summed E-state index contributed by atoms with van der Waals surface area (Å²) in [6.45, 7) is 2.30. The minimum atomic E-state index is -5.36. The van der Waals surface area contributed by atoms with E-state index in [9.17, 15) is 35.5 Å². The second kappa shape index (κ2) is 13.2. The SMILES string of the molecule is CC1CCC(/C=C/C2CCC(C(=O)OC3CCC(C(F)(F)Oc4cc(F)c(OC(F)(F)F)c(F)c4)CC3)CC2)CC1. The number of esters is 1. The highest BCUT2D eigenvalue weighted by molar-refractivity contribution is 5.72. The van der Waals surface area contributed by atoms with Gasteiger partial charge in [-0.1, -0.05) is 31.9 Å². The average Bonchev–Trinajstić information content (AvgIpc) is 2.90. The Morgan fingerprint density at radius 3 is 1.78 bits per heavy atom. The molecule has 0 amide bonds. The van der Waals surface area contributed by atoms with E-state index in [-0.39, 0.29) is 49.7 Å². The maximum Gasteiger partial charge on any atom is 0.573 e. The van der Waals surface area contributed by atoms with Gasteiger partial charge in [-0.3, -0.25) is 4.79 Å². The summed E-state index contributed by atoms with van der Waals surface area (Å²) in [7, 11) is 0. The summed E-state index contributed by atoms with van der Waals surface area (Å²) in [6, 6.07) is 0.429. The molecule has 3 aliphatic rings. The van der Waals surface area contributed by atoms with Crippen LogP contribution >= 0.6 is 0 Å². The summed E-state index contributed by atoms with van der Waals surface area (Å²) in [4.78, 5) is 12.7. The van der Waals surface area contributed by atoms with E-state index in [0.717, 1.165) is 31.6 Å². The zero-order valence-corrected chi connectivity index (χ0v) is 23.0. The van der Waals surface area contributed by atoms with Crippen molar-refractivity contribution >= 4 is 5.97 Å². The van der Waals surface area contributed by atoms with E-state index in [1.807, 2.05) is 0 Å². The van der Waals surface area contributed by atoms with Gasteiger partial charge in [-0.25, -0.2) is 8.78 Å². The maximum absolute atomic E-state index is 14.8. The van der Waals surface area contributed by atoms with Crippen LogP contribution in [0.25, 0.3) is 0 Å². The molecule has 3 fully saturated rings. The zero-order valence-electron chi connectivity index (χ0n) is 23.0. The highest BCUT2D eigenvalue weighted by Gasteiger charge is 2.45. The Balaban J connectivity index is 1.20. The van der Waals surface area contributed by atoms with E-state index < -0.39 is 47.6 Å². The zero-order chi connectivity index (χ0) is 29.8. The summed E-state index contributed by atoms with van der Waals surface area (Å²) < 4.78 is 108. The second-order valence-corrected chi connectivity index (χ2v) is 11.9. The summed E-state index contributed by atoms with van der Waals surface area (Å²) in [5.74, 6) is -6.27. The number of benzene rings is 1. The van der Waals surface area contributed by atoms with Crippen LogP contribution < -0.4 is 9.47 Å². The Kier molecular flexibility index (Phi) is 10.2. The number of carbonyl (C=O) groups is 1. The third-order valence-corrected chi connectivity index (χ3v) is 8.70. The first kappa shape index (κ1) is 31.5. The van der Waals surface area contributed by atoms with Crippen LogP contribution in [0.3, 0.4) is 0 Å². The van der Waals surface area contributed by atoms with Crippen LogP contribution in [0, 0.1) is 41.2 Å². The van der Waals surface area contributed by atoms with Gasteiger partial charge in [-0.05, 0) is 82.0 Å². The first-order valence-electron chi connectivity index (χ1n) is 14.5. The van der Waals surface area contributed by atoms with E-state index in [2.05, 4.69) is 28.5 Å². The Morgan fingerprint density at radius 2 is 1.27 bits per heavy atom. The fourth-order valence-corrected chi connectivity index (χ4v) is 6.17. The Morgan fingerprint density at radius 1 is 0.756 bits per heavy atom. The van der Waals surface area contributed by atoms with Gasteiger partial charge in [0.2, 0.25) is 5.75 Å². The van der Waals surface area contributed by atoms with Crippen molar-refractivity contribution in [1.29, 1.82) is 0 Å². The van der Waals surface area contributed by atoms with Crippen LogP contribution in [0.2, 0.25) is 0 Å². The van der Waals surface area contributed by atoms with Crippen LogP contribution in [0.5, 0.6) is 11.5 Å². The molecule has 3 saturated carbocycles. The number of allylic oxidation sites excluding steroid dienone is 2. The molecule has 0 N–H and O–H groups in total. The molecule has 230 valence electrons. The third kappa shape index (κ3) is 9.01. The number of carbonyl (C=O) groups excluding carboxylic acids is 1. The molecule has 0 aromatic heterocycles. The summed E-state index contributed by atoms with van der Waals surface area (Å²) in [5, 5.41) is 0. The van der Waals surface area contributed by atoms with Gasteiger partial charge in [-0.15, -0.1) is 13.2 Å². The monoisotopic (exact) mass is 594 g/mol. The number of rotatable bonds is 8.